The quantitative estimate of drug-likeness (QED) is 0.355. The average molecular weight is 397 g/mol. The van der Waals surface area contributed by atoms with Gasteiger partial charge in [-0.3, -0.25) is 19.9 Å². The van der Waals surface area contributed by atoms with Crippen LogP contribution in [-0.4, -0.2) is 15.8 Å². The number of rotatable bonds is 4. The smallest absolute Gasteiger partial charge is 0.270 e. The van der Waals surface area contributed by atoms with Crippen molar-refractivity contribution >= 4 is 28.2 Å². The topological polar surface area (TPSA) is 85.1 Å². The van der Waals surface area contributed by atoms with Crippen molar-refractivity contribution < 1.29 is 9.72 Å². The van der Waals surface area contributed by atoms with E-state index in [9.17, 15) is 14.9 Å². The molecule has 0 spiro atoms. The van der Waals surface area contributed by atoms with Gasteiger partial charge in [-0.05, 0) is 37.1 Å². The lowest BCUT2D eigenvalue weighted by molar-refractivity contribution is -0.384. The molecule has 4 aromatic rings. The van der Waals surface area contributed by atoms with E-state index in [2.05, 4.69) is 10.3 Å². The molecule has 0 saturated carbocycles. The number of hydrogen-bond donors (Lipinski definition) is 1. The van der Waals surface area contributed by atoms with Gasteiger partial charge < -0.3 is 5.32 Å². The van der Waals surface area contributed by atoms with Crippen molar-refractivity contribution in [2.24, 2.45) is 0 Å². The number of pyridine rings is 1. The Morgan fingerprint density at radius 2 is 1.67 bits per heavy atom. The van der Waals surface area contributed by atoms with Crippen LogP contribution in [-0.2, 0) is 0 Å². The number of carbonyl (C=O) groups excluding carboxylic acids is 1. The summed E-state index contributed by atoms with van der Waals surface area (Å²) in [6.45, 7) is 3.70. The first-order chi connectivity index (χ1) is 14.5. The lowest BCUT2D eigenvalue weighted by Gasteiger charge is -2.16. The third-order valence-electron chi connectivity index (χ3n) is 5.04. The third-order valence-corrected chi connectivity index (χ3v) is 5.04. The summed E-state index contributed by atoms with van der Waals surface area (Å²) in [5, 5.41) is 14.9. The zero-order chi connectivity index (χ0) is 21.3. The van der Waals surface area contributed by atoms with Crippen LogP contribution in [0, 0.1) is 24.0 Å². The maximum atomic E-state index is 13.4. The lowest BCUT2D eigenvalue weighted by Crippen LogP contribution is -2.16. The Morgan fingerprint density at radius 1 is 0.967 bits per heavy atom. The van der Waals surface area contributed by atoms with Gasteiger partial charge in [-0.1, -0.05) is 48.5 Å². The highest BCUT2D eigenvalue weighted by Gasteiger charge is 2.22. The van der Waals surface area contributed by atoms with Gasteiger partial charge in [-0.15, -0.1) is 0 Å². The molecule has 0 saturated heterocycles. The van der Waals surface area contributed by atoms with E-state index < -0.39 is 4.92 Å². The number of anilines is 1. The van der Waals surface area contributed by atoms with E-state index in [1.54, 1.807) is 13.0 Å². The molecule has 1 N–H and O–H groups in total. The van der Waals surface area contributed by atoms with Crippen LogP contribution in [0.5, 0.6) is 0 Å². The lowest BCUT2D eigenvalue weighted by atomic mass is 9.93. The molecule has 0 aliphatic rings. The first-order valence-electron chi connectivity index (χ1n) is 9.47. The Morgan fingerprint density at radius 3 is 2.37 bits per heavy atom. The summed E-state index contributed by atoms with van der Waals surface area (Å²) >= 11 is 0. The van der Waals surface area contributed by atoms with Gasteiger partial charge in [0.05, 0.1) is 21.7 Å². The summed E-state index contributed by atoms with van der Waals surface area (Å²) in [6.07, 6.45) is 0. The summed E-state index contributed by atoms with van der Waals surface area (Å²) in [5.41, 5.74) is 4.59. The predicted molar refractivity (Wildman–Crippen MR) is 118 cm³/mol. The molecule has 0 bridgehead atoms. The fraction of sp³-hybridized carbons (Fsp3) is 0.0833. The van der Waals surface area contributed by atoms with E-state index in [1.165, 1.54) is 12.1 Å². The minimum Gasteiger partial charge on any atom is -0.322 e. The van der Waals surface area contributed by atoms with Crippen LogP contribution < -0.4 is 5.32 Å². The van der Waals surface area contributed by atoms with Crippen molar-refractivity contribution in [1.82, 2.24) is 4.98 Å². The van der Waals surface area contributed by atoms with Gasteiger partial charge in [0.25, 0.3) is 11.6 Å². The number of nitrogens with zero attached hydrogens (tertiary/aromatic N) is 2. The highest BCUT2D eigenvalue weighted by Crippen LogP contribution is 2.35. The summed E-state index contributed by atoms with van der Waals surface area (Å²) in [4.78, 5) is 28.8. The standard InChI is InChI=1S/C24H19N3O3/c1-15-8-6-7-11-20(15)26-24(28)22-16(2)25-21-13-12-18(27(29)30)14-19(21)23(22)17-9-4-3-5-10-17/h3-14H,1-2H3,(H,26,28). The molecule has 1 amide bonds. The Labute approximate surface area is 173 Å². The zero-order valence-corrected chi connectivity index (χ0v) is 16.5. The maximum absolute atomic E-state index is 13.4. The first kappa shape index (κ1) is 19.3. The van der Waals surface area contributed by atoms with E-state index in [1.807, 2.05) is 61.5 Å². The monoisotopic (exact) mass is 397 g/mol. The van der Waals surface area contributed by atoms with Crippen LogP contribution in [0.25, 0.3) is 22.0 Å². The second kappa shape index (κ2) is 7.75. The number of fused-ring (bicyclic) bond motifs is 1. The van der Waals surface area contributed by atoms with Crippen LogP contribution in [0.4, 0.5) is 11.4 Å². The number of nitro benzene ring substituents is 1. The molecule has 4 rings (SSSR count). The molecule has 6 heteroatoms. The molecule has 148 valence electrons. The summed E-state index contributed by atoms with van der Waals surface area (Å²) in [6, 6.07) is 21.4. The number of nitro groups is 1. The molecule has 0 fully saturated rings. The summed E-state index contributed by atoms with van der Waals surface area (Å²) in [7, 11) is 0. The van der Waals surface area contributed by atoms with Crippen molar-refractivity contribution in [2.75, 3.05) is 5.32 Å². The Balaban J connectivity index is 1.98. The Bertz CT molecular complexity index is 1280. The summed E-state index contributed by atoms with van der Waals surface area (Å²) in [5.74, 6) is -0.304. The predicted octanol–water partition coefficient (Wildman–Crippen LogP) is 5.68. The number of non-ortho nitro benzene ring substituents is 1. The van der Waals surface area contributed by atoms with Crippen LogP contribution in [0.3, 0.4) is 0 Å². The Kier molecular flexibility index (Phi) is 4.98. The highest BCUT2D eigenvalue weighted by molar-refractivity contribution is 6.14. The van der Waals surface area contributed by atoms with E-state index in [0.29, 0.717) is 33.4 Å². The molecule has 0 unspecified atom stereocenters. The van der Waals surface area contributed by atoms with Crippen molar-refractivity contribution in [3.8, 4) is 11.1 Å². The highest BCUT2D eigenvalue weighted by atomic mass is 16.6. The van der Waals surface area contributed by atoms with Crippen molar-refractivity contribution in [3.63, 3.8) is 0 Å². The third kappa shape index (κ3) is 3.51. The molecule has 3 aromatic carbocycles. The molecule has 1 heterocycles. The van der Waals surface area contributed by atoms with E-state index in [4.69, 9.17) is 0 Å². The van der Waals surface area contributed by atoms with E-state index in [-0.39, 0.29) is 11.6 Å². The van der Waals surface area contributed by atoms with Gasteiger partial charge >= 0.3 is 0 Å². The molecule has 0 aliphatic heterocycles. The Hall–Kier alpha value is -4.06. The van der Waals surface area contributed by atoms with Crippen LogP contribution in [0.1, 0.15) is 21.6 Å². The summed E-state index contributed by atoms with van der Waals surface area (Å²) < 4.78 is 0. The average Bonchev–Trinajstić information content (AvgIpc) is 2.74. The van der Waals surface area contributed by atoms with E-state index >= 15 is 0 Å². The van der Waals surface area contributed by atoms with Crippen molar-refractivity contribution in [3.05, 3.63) is 99.7 Å². The fourth-order valence-corrected chi connectivity index (χ4v) is 3.57. The molecule has 6 nitrogen and oxygen atoms in total. The maximum Gasteiger partial charge on any atom is 0.270 e. The molecule has 30 heavy (non-hydrogen) atoms. The SMILES string of the molecule is Cc1ccccc1NC(=O)c1c(C)nc2ccc([N+](=O)[O-])cc2c1-c1ccccc1. The van der Waals surface area contributed by atoms with Gasteiger partial charge in [0.15, 0.2) is 0 Å². The van der Waals surface area contributed by atoms with Gasteiger partial charge in [0.1, 0.15) is 0 Å². The van der Waals surface area contributed by atoms with Gasteiger partial charge in [-0.2, -0.15) is 0 Å². The van der Waals surface area contributed by atoms with Gasteiger partial charge in [0, 0.05) is 28.8 Å². The molecule has 0 atom stereocenters. The number of aromatic nitrogens is 1. The first-order valence-corrected chi connectivity index (χ1v) is 9.47. The minimum absolute atomic E-state index is 0.0457. The number of para-hydroxylation sites is 1. The number of nitrogens with one attached hydrogen (secondary N) is 1. The van der Waals surface area contributed by atoms with Gasteiger partial charge in [0.2, 0.25) is 0 Å². The zero-order valence-electron chi connectivity index (χ0n) is 16.5. The number of benzene rings is 3. The number of hydrogen-bond acceptors (Lipinski definition) is 4. The minimum atomic E-state index is -0.443. The van der Waals surface area contributed by atoms with Crippen LogP contribution in [0.15, 0.2) is 72.8 Å². The number of carbonyl (C=O) groups is 1. The van der Waals surface area contributed by atoms with E-state index in [0.717, 1.165) is 11.1 Å². The largest absolute Gasteiger partial charge is 0.322 e. The second-order valence-electron chi connectivity index (χ2n) is 7.04. The normalized spacial score (nSPS) is 10.7. The van der Waals surface area contributed by atoms with Crippen molar-refractivity contribution in [1.29, 1.82) is 0 Å². The molecule has 1 aromatic heterocycles. The van der Waals surface area contributed by atoms with Gasteiger partial charge in [-0.25, -0.2) is 0 Å². The molecule has 0 radical (unpaired) electrons. The number of aryl methyl sites for hydroxylation is 2. The fourth-order valence-electron chi connectivity index (χ4n) is 3.57. The second-order valence-corrected chi connectivity index (χ2v) is 7.04. The molecular formula is C24H19N3O3. The van der Waals surface area contributed by atoms with Crippen LogP contribution in [0.2, 0.25) is 0 Å². The van der Waals surface area contributed by atoms with Crippen LogP contribution >= 0.6 is 0 Å². The molecule has 0 aliphatic carbocycles. The van der Waals surface area contributed by atoms with Crippen molar-refractivity contribution in [2.45, 2.75) is 13.8 Å². The number of amides is 1. The molecular weight excluding hydrogens is 378 g/mol.